The van der Waals surface area contributed by atoms with Gasteiger partial charge in [0.2, 0.25) is 0 Å². The van der Waals surface area contributed by atoms with Crippen molar-refractivity contribution in [1.82, 2.24) is 5.32 Å². The minimum absolute atomic E-state index is 0.0265. The van der Waals surface area contributed by atoms with Gasteiger partial charge in [0.05, 0.1) is 0 Å². The van der Waals surface area contributed by atoms with Crippen molar-refractivity contribution in [2.75, 3.05) is 6.54 Å². The maximum atomic E-state index is 12.4. The third-order valence-electron chi connectivity index (χ3n) is 3.85. The molecule has 0 radical (unpaired) electrons. The molecule has 0 aliphatic rings. The van der Waals surface area contributed by atoms with Crippen molar-refractivity contribution in [3.63, 3.8) is 0 Å². The molecule has 0 atom stereocenters. The molecule has 0 aliphatic carbocycles. The first-order valence-electron chi connectivity index (χ1n) is 9.16. The molecule has 1 amide bonds. The summed E-state index contributed by atoms with van der Waals surface area (Å²) in [5, 5.41) is 12.5. The number of nitrogens with one attached hydrogen (secondary N) is 1. The molecule has 8 heteroatoms. The number of carbonyl (C=O) groups is 2. The fraction of sp³-hybridized carbons (Fsp3) is 0.227. The molecular formula is C22H21NO7. The van der Waals surface area contributed by atoms with Crippen LogP contribution >= 0.6 is 0 Å². The van der Waals surface area contributed by atoms with Gasteiger partial charge in [-0.05, 0) is 20.8 Å². The van der Waals surface area contributed by atoms with E-state index >= 15 is 0 Å². The van der Waals surface area contributed by atoms with Crippen LogP contribution < -0.4 is 15.5 Å². The zero-order valence-electron chi connectivity index (χ0n) is 16.7. The van der Waals surface area contributed by atoms with Crippen LogP contribution in [0.2, 0.25) is 0 Å². The minimum atomic E-state index is -0.791. The number of carbonyl (C=O) groups excluding carboxylic acids is 2. The molecular weight excluding hydrogens is 390 g/mol. The average molecular weight is 411 g/mol. The number of alkyl carbamates (subject to hydrolysis) is 1. The Hall–Kier alpha value is -3.81. The van der Waals surface area contributed by atoms with Gasteiger partial charge in [0.25, 0.3) is 0 Å². The van der Waals surface area contributed by atoms with Gasteiger partial charge < -0.3 is 24.3 Å². The molecule has 0 spiro atoms. The molecule has 3 rings (SSSR count). The molecule has 0 bridgehead atoms. The lowest BCUT2D eigenvalue weighted by molar-refractivity contribution is -0.133. The Morgan fingerprint density at radius 1 is 1.10 bits per heavy atom. The molecule has 0 saturated carbocycles. The molecule has 1 heterocycles. The van der Waals surface area contributed by atoms with Gasteiger partial charge in [-0.1, -0.05) is 30.3 Å². The molecule has 3 aromatic rings. The second-order valence-electron chi connectivity index (χ2n) is 7.49. The number of benzene rings is 2. The Kier molecular flexibility index (Phi) is 5.77. The maximum absolute atomic E-state index is 12.4. The van der Waals surface area contributed by atoms with Crippen LogP contribution in [0.25, 0.3) is 22.3 Å². The number of aromatic hydroxyl groups is 1. The van der Waals surface area contributed by atoms with Crippen molar-refractivity contribution in [3.05, 3.63) is 58.8 Å². The molecule has 2 N–H and O–H groups in total. The van der Waals surface area contributed by atoms with E-state index in [0.717, 1.165) is 6.07 Å². The van der Waals surface area contributed by atoms with Crippen molar-refractivity contribution in [2.45, 2.75) is 26.4 Å². The summed E-state index contributed by atoms with van der Waals surface area (Å²) in [5.41, 5.74) is -0.396. The molecule has 0 saturated heterocycles. The van der Waals surface area contributed by atoms with E-state index < -0.39 is 29.6 Å². The van der Waals surface area contributed by atoms with E-state index in [1.54, 1.807) is 45.0 Å². The smallest absolute Gasteiger partial charge is 0.408 e. The fourth-order valence-corrected chi connectivity index (χ4v) is 2.67. The number of amides is 1. The average Bonchev–Trinajstić information content (AvgIpc) is 2.65. The van der Waals surface area contributed by atoms with Gasteiger partial charge in [-0.25, -0.2) is 9.59 Å². The zero-order valence-corrected chi connectivity index (χ0v) is 16.7. The van der Waals surface area contributed by atoms with Gasteiger partial charge in [-0.15, -0.1) is 0 Å². The lowest BCUT2D eigenvalue weighted by Crippen LogP contribution is -2.36. The molecule has 0 aliphatic heterocycles. The number of ether oxygens (including phenoxy) is 2. The highest BCUT2D eigenvalue weighted by molar-refractivity contribution is 5.87. The number of hydrogen-bond acceptors (Lipinski definition) is 7. The van der Waals surface area contributed by atoms with Crippen molar-refractivity contribution >= 4 is 23.0 Å². The monoisotopic (exact) mass is 411 g/mol. The van der Waals surface area contributed by atoms with E-state index in [1.807, 2.05) is 6.07 Å². The molecule has 8 nitrogen and oxygen atoms in total. The van der Waals surface area contributed by atoms with E-state index in [2.05, 4.69) is 5.32 Å². The normalized spacial score (nSPS) is 11.2. The number of fused-ring (bicyclic) bond motifs is 1. The second kappa shape index (κ2) is 8.28. The van der Waals surface area contributed by atoms with E-state index in [-0.39, 0.29) is 22.5 Å². The van der Waals surface area contributed by atoms with Crippen LogP contribution in [0.1, 0.15) is 20.8 Å². The van der Waals surface area contributed by atoms with Gasteiger partial charge in [0.1, 0.15) is 40.4 Å². The fourth-order valence-electron chi connectivity index (χ4n) is 2.67. The summed E-state index contributed by atoms with van der Waals surface area (Å²) in [6, 6.07) is 12.7. The highest BCUT2D eigenvalue weighted by Crippen LogP contribution is 2.31. The van der Waals surface area contributed by atoms with Gasteiger partial charge >= 0.3 is 12.1 Å². The zero-order chi connectivity index (χ0) is 21.9. The SMILES string of the molecule is CC(C)(C)OC(=O)NCC(=O)Oc1cc(O)c2c(=O)cc(-c3ccccc3)oc2c1. The molecule has 0 unspecified atom stereocenters. The number of rotatable bonds is 4. The predicted molar refractivity (Wildman–Crippen MR) is 109 cm³/mol. The predicted octanol–water partition coefficient (Wildman–Crippen LogP) is 3.60. The Bertz CT molecular complexity index is 1140. The number of esters is 1. The molecule has 2 aromatic carbocycles. The maximum Gasteiger partial charge on any atom is 0.408 e. The van der Waals surface area contributed by atoms with Crippen molar-refractivity contribution in [2.24, 2.45) is 0 Å². The van der Waals surface area contributed by atoms with Crippen LogP contribution in [0.4, 0.5) is 4.79 Å². The number of phenols is 1. The Morgan fingerprint density at radius 3 is 2.47 bits per heavy atom. The molecule has 1 aromatic heterocycles. The summed E-state index contributed by atoms with van der Waals surface area (Å²) >= 11 is 0. The Morgan fingerprint density at radius 2 is 1.80 bits per heavy atom. The van der Waals surface area contributed by atoms with Crippen LogP contribution in [0.5, 0.6) is 11.5 Å². The quantitative estimate of drug-likeness (QED) is 0.498. The van der Waals surface area contributed by atoms with Gasteiger partial charge in [-0.2, -0.15) is 0 Å². The van der Waals surface area contributed by atoms with Crippen molar-refractivity contribution < 1.29 is 28.6 Å². The number of hydrogen-bond donors (Lipinski definition) is 2. The van der Waals surface area contributed by atoms with Crippen molar-refractivity contribution in [3.8, 4) is 22.8 Å². The third-order valence-corrected chi connectivity index (χ3v) is 3.85. The number of phenolic OH excluding ortho intramolecular Hbond substituents is 1. The van der Waals surface area contributed by atoms with Gasteiger partial charge in [0.15, 0.2) is 5.43 Å². The summed E-state index contributed by atoms with van der Waals surface area (Å²) in [7, 11) is 0. The van der Waals surface area contributed by atoms with Gasteiger partial charge in [0, 0.05) is 23.8 Å². The van der Waals surface area contributed by atoms with E-state index in [4.69, 9.17) is 13.9 Å². The second-order valence-corrected chi connectivity index (χ2v) is 7.49. The standard InChI is InChI=1S/C22H21NO7/c1-22(2,3)30-21(27)23-12-19(26)28-14-9-15(24)20-16(25)11-17(29-18(20)10-14)13-7-5-4-6-8-13/h4-11,24H,12H2,1-3H3,(H,23,27). The lowest BCUT2D eigenvalue weighted by Gasteiger charge is -2.19. The van der Waals surface area contributed by atoms with Crippen LogP contribution in [0.3, 0.4) is 0 Å². The highest BCUT2D eigenvalue weighted by Gasteiger charge is 2.18. The Balaban J connectivity index is 1.81. The molecule has 156 valence electrons. The largest absolute Gasteiger partial charge is 0.507 e. The lowest BCUT2D eigenvalue weighted by atomic mass is 10.1. The van der Waals surface area contributed by atoms with E-state index in [9.17, 15) is 19.5 Å². The molecule has 30 heavy (non-hydrogen) atoms. The summed E-state index contributed by atoms with van der Waals surface area (Å²) in [6.07, 6.45) is -0.765. The van der Waals surface area contributed by atoms with Crippen LogP contribution in [-0.4, -0.2) is 29.3 Å². The first kappa shape index (κ1) is 20.9. The minimum Gasteiger partial charge on any atom is -0.507 e. The Labute approximate surface area is 172 Å². The summed E-state index contributed by atoms with van der Waals surface area (Å²) in [6.45, 7) is 4.64. The van der Waals surface area contributed by atoms with Crippen LogP contribution in [-0.2, 0) is 9.53 Å². The topological polar surface area (TPSA) is 115 Å². The van der Waals surface area contributed by atoms with Crippen LogP contribution in [0, 0.1) is 0 Å². The van der Waals surface area contributed by atoms with Gasteiger partial charge in [-0.3, -0.25) is 4.79 Å². The van der Waals surface area contributed by atoms with E-state index in [0.29, 0.717) is 11.3 Å². The summed E-state index contributed by atoms with van der Waals surface area (Å²) < 4.78 is 15.9. The first-order chi connectivity index (χ1) is 14.1. The summed E-state index contributed by atoms with van der Waals surface area (Å²) in [5.74, 6) is -0.906. The third kappa shape index (κ3) is 5.16. The first-order valence-corrected chi connectivity index (χ1v) is 9.16. The van der Waals surface area contributed by atoms with E-state index in [1.165, 1.54) is 12.1 Å². The molecule has 0 fully saturated rings. The highest BCUT2D eigenvalue weighted by atomic mass is 16.6. The summed E-state index contributed by atoms with van der Waals surface area (Å²) in [4.78, 5) is 36.1. The van der Waals surface area contributed by atoms with Crippen molar-refractivity contribution in [1.29, 1.82) is 0 Å². The van der Waals surface area contributed by atoms with Crippen LogP contribution in [0.15, 0.2) is 57.7 Å².